The van der Waals surface area contributed by atoms with E-state index in [4.69, 9.17) is 4.98 Å². The number of pyridine rings is 1. The van der Waals surface area contributed by atoms with Gasteiger partial charge in [-0.25, -0.2) is 4.98 Å². The lowest BCUT2D eigenvalue weighted by molar-refractivity contribution is 1.49. The van der Waals surface area contributed by atoms with Crippen molar-refractivity contribution in [3.05, 3.63) is 101 Å². The quantitative estimate of drug-likeness (QED) is 0.182. The first-order valence-electron chi connectivity index (χ1n) is 10.1. The summed E-state index contributed by atoms with van der Waals surface area (Å²) in [5.41, 5.74) is 5.83. The summed E-state index contributed by atoms with van der Waals surface area (Å²) in [6.45, 7) is 2.14. The van der Waals surface area contributed by atoms with Crippen molar-refractivity contribution < 1.29 is 0 Å². The highest BCUT2D eigenvalue weighted by Gasteiger charge is 2.15. The Morgan fingerprint density at radius 1 is 0.600 bits per heavy atom. The van der Waals surface area contributed by atoms with Crippen molar-refractivity contribution in [2.24, 2.45) is 0 Å². The van der Waals surface area contributed by atoms with Gasteiger partial charge in [0.1, 0.15) is 0 Å². The van der Waals surface area contributed by atoms with E-state index < -0.39 is 0 Å². The third kappa shape index (κ3) is 2.64. The largest absolute Gasteiger partial charge is 0.246 e. The molecule has 1 heterocycles. The average molecular weight is 448 g/mol. The Balaban J connectivity index is 1.89. The van der Waals surface area contributed by atoms with Crippen molar-refractivity contribution in [2.45, 2.75) is 6.92 Å². The van der Waals surface area contributed by atoms with E-state index in [1.165, 1.54) is 49.0 Å². The smallest absolute Gasteiger partial charge is 0.0794 e. The zero-order valence-electron chi connectivity index (χ0n) is 16.5. The number of aromatic nitrogens is 1. The Labute approximate surface area is 183 Å². The fraction of sp³-hybridized carbons (Fsp3) is 0.0357. The lowest BCUT2D eigenvalue weighted by Gasteiger charge is -2.15. The van der Waals surface area contributed by atoms with Crippen LogP contribution in [0, 0.1) is 6.92 Å². The van der Waals surface area contributed by atoms with Crippen LogP contribution in [0.4, 0.5) is 0 Å². The summed E-state index contributed by atoms with van der Waals surface area (Å²) in [6, 6.07) is 32.6. The number of nitrogens with zero attached hydrogens (tertiary/aromatic N) is 1. The van der Waals surface area contributed by atoms with E-state index in [0.717, 1.165) is 15.5 Å². The third-order valence-corrected chi connectivity index (χ3v) is 6.47. The van der Waals surface area contributed by atoms with Gasteiger partial charge < -0.3 is 0 Å². The molecule has 0 aliphatic carbocycles. The first-order valence-corrected chi connectivity index (χ1v) is 10.9. The molecule has 0 atom stereocenters. The maximum atomic E-state index is 5.27. The molecule has 0 spiro atoms. The molecule has 5 aromatic carbocycles. The Bertz CT molecular complexity index is 1600. The Morgan fingerprint density at radius 3 is 2.00 bits per heavy atom. The molecule has 0 bridgehead atoms. The zero-order chi connectivity index (χ0) is 20.2. The van der Waals surface area contributed by atoms with Crippen molar-refractivity contribution in [1.29, 1.82) is 0 Å². The summed E-state index contributed by atoms with van der Waals surface area (Å²) in [4.78, 5) is 5.27. The molecule has 30 heavy (non-hydrogen) atoms. The molecule has 0 saturated carbocycles. The summed E-state index contributed by atoms with van der Waals surface area (Å²) in [5, 5.41) is 7.23. The van der Waals surface area contributed by atoms with Crippen LogP contribution >= 0.6 is 15.9 Å². The molecule has 0 aliphatic heterocycles. The van der Waals surface area contributed by atoms with E-state index in [0.29, 0.717) is 0 Å². The predicted molar refractivity (Wildman–Crippen MR) is 132 cm³/mol. The van der Waals surface area contributed by atoms with Crippen LogP contribution in [0.5, 0.6) is 0 Å². The minimum atomic E-state index is 1.06. The molecule has 142 valence electrons. The van der Waals surface area contributed by atoms with Crippen LogP contribution in [0.25, 0.3) is 54.5 Å². The molecule has 0 fully saturated rings. The van der Waals surface area contributed by atoms with Crippen LogP contribution < -0.4 is 0 Å². The SMILES string of the molecule is Cc1ccc2ccc3c(-c4ccc(Br)cc4)c4ccc5ccccc5c4nc3c2c1. The fourth-order valence-corrected chi connectivity index (χ4v) is 4.77. The normalized spacial score (nSPS) is 11.7. The van der Waals surface area contributed by atoms with Gasteiger partial charge in [-0.05, 0) is 41.5 Å². The minimum absolute atomic E-state index is 1.06. The van der Waals surface area contributed by atoms with Gasteiger partial charge in [0.25, 0.3) is 0 Å². The van der Waals surface area contributed by atoms with E-state index in [-0.39, 0.29) is 0 Å². The number of fused-ring (bicyclic) bond motifs is 6. The molecular weight excluding hydrogens is 430 g/mol. The molecule has 2 heteroatoms. The van der Waals surface area contributed by atoms with E-state index >= 15 is 0 Å². The summed E-state index contributed by atoms with van der Waals surface area (Å²) in [5.74, 6) is 0. The zero-order valence-corrected chi connectivity index (χ0v) is 18.1. The van der Waals surface area contributed by atoms with Crippen LogP contribution in [-0.2, 0) is 0 Å². The van der Waals surface area contributed by atoms with Gasteiger partial charge >= 0.3 is 0 Å². The lowest BCUT2D eigenvalue weighted by atomic mass is 9.92. The summed E-state index contributed by atoms with van der Waals surface area (Å²) < 4.78 is 1.08. The molecule has 0 radical (unpaired) electrons. The van der Waals surface area contributed by atoms with Crippen molar-refractivity contribution in [3.63, 3.8) is 0 Å². The maximum Gasteiger partial charge on any atom is 0.0794 e. The van der Waals surface area contributed by atoms with E-state index in [9.17, 15) is 0 Å². The van der Waals surface area contributed by atoms with E-state index in [2.05, 4.69) is 114 Å². The van der Waals surface area contributed by atoms with Crippen molar-refractivity contribution in [1.82, 2.24) is 4.98 Å². The van der Waals surface area contributed by atoms with Gasteiger partial charge in [-0.1, -0.05) is 94.3 Å². The fourth-order valence-electron chi connectivity index (χ4n) is 4.50. The van der Waals surface area contributed by atoms with Crippen LogP contribution in [0.1, 0.15) is 5.56 Å². The second-order valence-electron chi connectivity index (χ2n) is 7.86. The molecule has 0 aliphatic rings. The van der Waals surface area contributed by atoms with Gasteiger partial charge in [-0.15, -0.1) is 0 Å². The van der Waals surface area contributed by atoms with Crippen LogP contribution in [-0.4, -0.2) is 4.98 Å². The van der Waals surface area contributed by atoms with Gasteiger partial charge in [0.05, 0.1) is 11.0 Å². The Hall–Kier alpha value is -3.23. The first-order chi connectivity index (χ1) is 14.7. The van der Waals surface area contributed by atoms with Crippen LogP contribution in [0.2, 0.25) is 0 Å². The van der Waals surface area contributed by atoms with Gasteiger partial charge in [0.2, 0.25) is 0 Å². The molecular formula is C28H18BrN. The summed E-state index contributed by atoms with van der Waals surface area (Å²) in [7, 11) is 0. The highest BCUT2D eigenvalue weighted by molar-refractivity contribution is 9.10. The average Bonchev–Trinajstić information content (AvgIpc) is 2.78. The number of hydrogen-bond acceptors (Lipinski definition) is 1. The topological polar surface area (TPSA) is 12.9 Å². The number of aryl methyl sites for hydroxylation is 1. The number of rotatable bonds is 1. The lowest BCUT2D eigenvalue weighted by Crippen LogP contribution is -1.92. The van der Waals surface area contributed by atoms with Crippen LogP contribution in [0.3, 0.4) is 0 Å². The summed E-state index contributed by atoms with van der Waals surface area (Å²) >= 11 is 3.58. The standard InChI is InChI=1S/C28H18BrN/c1-17-6-7-19-11-15-24-26(20-8-12-21(29)13-9-20)23-14-10-18-4-2-3-5-22(18)27(23)30-28(24)25(19)16-17/h2-16H,1H3. The van der Waals surface area contributed by atoms with Crippen molar-refractivity contribution in [2.75, 3.05) is 0 Å². The predicted octanol–water partition coefficient (Wildman–Crippen LogP) is 8.43. The number of halogens is 1. The van der Waals surface area contributed by atoms with Crippen LogP contribution in [0.15, 0.2) is 95.5 Å². The molecule has 0 saturated heterocycles. The summed E-state index contributed by atoms with van der Waals surface area (Å²) in [6.07, 6.45) is 0. The highest BCUT2D eigenvalue weighted by Crippen LogP contribution is 2.40. The van der Waals surface area contributed by atoms with Gasteiger partial charge in [0, 0.05) is 31.6 Å². The van der Waals surface area contributed by atoms with E-state index in [1.54, 1.807) is 0 Å². The molecule has 1 nitrogen and oxygen atoms in total. The molecule has 6 aromatic rings. The first kappa shape index (κ1) is 17.6. The molecule has 0 unspecified atom stereocenters. The monoisotopic (exact) mass is 447 g/mol. The number of benzene rings is 5. The maximum absolute atomic E-state index is 5.27. The van der Waals surface area contributed by atoms with Crippen molar-refractivity contribution >= 4 is 59.3 Å². The van der Waals surface area contributed by atoms with E-state index in [1.807, 2.05) is 0 Å². The van der Waals surface area contributed by atoms with Gasteiger partial charge in [-0.2, -0.15) is 0 Å². The second kappa shape index (κ2) is 6.65. The Kier molecular flexibility index (Phi) is 3.90. The highest BCUT2D eigenvalue weighted by atomic mass is 79.9. The Morgan fingerprint density at radius 2 is 1.23 bits per heavy atom. The van der Waals surface area contributed by atoms with Gasteiger partial charge in [-0.3, -0.25) is 0 Å². The minimum Gasteiger partial charge on any atom is -0.246 e. The molecule has 0 amide bonds. The number of hydrogen-bond donors (Lipinski definition) is 0. The molecule has 6 rings (SSSR count). The second-order valence-corrected chi connectivity index (χ2v) is 8.78. The molecule has 0 N–H and O–H groups in total. The third-order valence-electron chi connectivity index (χ3n) is 5.94. The molecule has 1 aromatic heterocycles. The van der Waals surface area contributed by atoms with Gasteiger partial charge in [0.15, 0.2) is 0 Å². The van der Waals surface area contributed by atoms with Crippen molar-refractivity contribution in [3.8, 4) is 11.1 Å².